The molecule has 0 saturated heterocycles. The number of nitrogens with zero attached hydrogens (tertiary/aromatic N) is 1. The van der Waals surface area contributed by atoms with Gasteiger partial charge in [-0.05, 0) is 30.4 Å². The van der Waals surface area contributed by atoms with Crippen LogP contribution in [0.1, 0.15) is 43.7 Å². The third kappa shape index (κ3) is 3.77. The van der Waals surface area contributed by atoms with Gasteiger partial charge in [-0.3, -0.25) is 4.21 Å². The van der Waals surface area contributed by atoms with Crippen LogP contribution >= 0.6 is 0 Å². The average molecular weight is 334 g/mol. The fourth-order valence-corrected chi connectivity index (χ4v) is 5.14. The second-order valence-corrected chi connectivity index (χ2v) is 8.43. The second kappa shape index (κ2) is 7.47. The van der Waals surface area contributed by atoms with E-state index in [1.165, 1.54) is 11.1 Å². The number of hydrogen-bond donors (Lipinski definition) is 1. The molecule has 1 aliphatic carbocycles. The number of amides is 2. The van der Waals surface area contributed by atoms with E-state index >= 15 is 0 Å². The van der Waals surface area contributed by atoms with Gasteiger partial charge in [0.05, 0.1) is 5.25 Å². The maximum absolute atomic E-state index is 12.6. The molecule has 2 amide bonds. The van der Waals surface area contributed by atoms with Crippen LogP contribution in [0, 0.1) is 0 Å². The predicted octanol–water partition coefficient (Wildman–Crippen LogP) is 2.83. The van der Waals surface area contributed by atoms with Crippen molar-refractivity contribution in [1.29, 1.82) is 0 Å². The molecule has 1 heterocycles. The minimum Gasteiger partial charge on any atom is -0.334 e. The van der Waals surface area contributed by atoms with Gasteiger partial charge in [-0.2, -0.15) is 0 Å². The molecule has 1 N–H and O–H groups in total. The summed E-state index contributed by atoms with van der Waals surface area (Å²) in [5.74, 6) is 0.675. The molecule has 2 aliphatic rings. The molecular formula is C18H26N2O2S. The van der Waals surface area contributed by atoms with Crippen LogP contribution in [0.4, 0.5) is 4.79 Å². The monoisotopic (exact) mass is 334 g/mol. The Balaban J connectivity index is 1.63. The molecule has 1 aromatic carbocycles. The minimum absolute atomic E-state index is 0.00417. The maximum Gasteiger partial charge on any atom is 0.317 e. The summed E-state index contributed by atoms with van der Waals surface area (Å²) in [4.78, 5) is 14.5. The lowest BCUT2D eigenvalue weighted by atomic mass is 9.95. The Hall–Kier alpha value is -1.36. The quantitative estimate of drug-likeness (QED) is 0.924. The lowest BCUT2D eigenvalue weighted by molar-refractivity contribution is 0.185. The molecule has 5 heteroatoms. The fourth-order valence-electron chi connectivity index (χ4n) is 3.71. The van der Waals surface area contributed by atoms with Crippen LogP contribution in [0.3, 0.4) is 0 Å². The van der Waals surface area contributed by atoms with Crippen LogP contribution in [0.15, 0.2) is 24.3 Å². The van der Waals surface area contributed by atoms with E-state index in [9.17, 15) is 9.00 Å². The van der Waals surface area contributed by atoms with Crippen molar-refractivity contribution in [3.63, 3.8) is 0 Å². The number of nitrogens with one attached hydrogen (secondary N) is 1. The molecule has 1 saturated carbocycles. The number of hydrogen-bond acceptors (Lipinski definition) is 2. The van der Waals surface area contributed by atoms with Gasteiger partial charge in [0, 0.05) is 35.7 Å². The smallest absolute Gasteiger partial charge is 0.317 e. The summed E-state index contributed by atoms with van der Waals surface area (Å²) in [6, 6.07) is 8.40. The van der Waals surface area contributed by atoms with E-state index in [4.69, 9.17) is 0 Å². The van der Waals surface area contributed by atoms with Crippen molar-refractivity contribution >= 4 is 16.8 Å². The number of benzene rings is 1. The van der Waals surface area contributed by atoms with E-state index in [-0.39, 0.29) is 17.3 Å². The topological polar surface area (TPSA) is 49.4 Å². The first-order valence-electron chi connectivity index (χ1n) is 8.68. The highest BCUT2D eigenvalue weighted by Crippen LogP contribution is 2.24. The van der Waals surface area contributed by atoms with Crippen LogP contribution in [0.2, 0.25) is 0 Å². The first kappa shape index (κ1) is 16.5. The van der Waals surface area contributed by atoms with E-state index in [2.05, 4.69) is 23.5 Å². The summed E-state index contributed by atoms with van der Waals surface area (Å²) in [6.07, 6.45) is 5.07. The van der Waals surface area contributed by atoms with Gasteiger partial charge in [-0.25, -0.2) is 4.79 Å². The SMILES string of the molecule is CCS(=O)C1CCCCC1NC(=O)N1CCc2ccccc2C1. The van der Waals surface area contributed by atoms with E-state index in [1.54, 1.807) is 0 Å². The Bertz CT molecular complexity index is 590. The van der Waals surface area contributed by atoms with Crippen LogP contribution in [0.25, 0.3) is 0 Å². The van der Waals surface area contributed by atoms with Gasteiger partial charge in [0.25, 0.3) is 0 Å². The highest BCUT2D eigenvalue weighted by atomic mass is 32.2. The molecule has 0 spiro atoms. The van der Waals surface area contributed by atoms with Crippen LogP contribution in [0.5, 0.6) is 0 Å². The standard InChI is InChI=1S/C18H26N2O2S/c1-2-23(22)17-10-6-5-9-16(17)19-18(21)20-12-11-14-7-3-4-8-15(14)13-20/h3-4,7-8,16-17H,2,5-6,9-13H2,1H3,(H,19,21). The Morgan fingerprint density at radius 1 is 1.26 bits per heavy atom. The Labute approximate surface area is 141 Å². The zero-order valence-corrected chi connectivity index (χ0v) is 14.6. The lowest BCUT2D eigenvalue weighted by Gasteiger charge is -2.35. The normalized spacial score (nSPS) is 25.5. The molecule has 1 aromatic rings. The van der Waals surface area contributed by atoms with Gasteiger partial charge >= 0.3 is 6.03 Å². The zero-order valence-electron chi connectivity index (χ0n) is 13.8. The Kier molecular flexibility index (Phi) is 5.36. The van der Waals surface area contributed by atoms with E-state index in [0.717, 1.165) is 38.6 Å². The van der Waals surface area contributed by atoms with Gasteiger partial charge in [-0.1, -0.05) is 44.0 Å². The highest BCUT2D eigenvalue weighted by Gasteiger charge is 2.31. The molecule has 4 nitrogen and oxygen atoms in total. The second-order valence-electron chi connectivity index (χ2n) is 6.49. The van der Waals surface area contributed by atoms with Crippen LogP contribution in [-0.4, -0.2) is 38.7 Å². The number of rotatable bonds is 3. The predicted molar refractivity (Wildman–Crippen MR) is 93.8 cm³/mol. The fraction of sp³-hybridized carbons (Fsp3) is 0.611. The van der Waals surface area contributed by atoms with Crippen molar-refractivity contribution < 1.29 is 9.00 Å². The first-order valence-corrected chi connectivity index (χ1v) is 10.1. The van der Waals surface area contributed by atoms with Gasteiger partial charge in [0.15, 0.2) is 0 Å². The molecule has 0 radical (unpaired) electrons. The van der Waals surface area contributed by atoms with Crippen molar-refractivity contribution in [2.75, 3.05) is 12.3 Å². The van der Waals surface area contributed by atoms with Gasteiger partial charge in [0.2, 0.25) is 0 Å². The molecule has 3 atom stereocenters. The summed E-state index contributed by atoms with van der Waals surface area (Å²) in [7, 11) is -0.834. The molecular weight excluding hydrogens is 308 g/mol. The number of carbonyl (C=O) groups excluding carboxylic acids is 1. The molecule has 3 rings (SSSR count). The van der Waals surface area contributed by atoms with Crippen molar-refractivity contribution in [3.05, 3.63) is 35.4 Å². The lowest BCUT2D eigenvalue weighted by Crippen LogP contribution is -2.52. The molecule has 0 bridgehead atoms. The van der Waals surface area contributed by atoms with Crippen molar-refractivity contribution in [3.8, 4) is 0 Å². The maximum atomic E-state index is 12.6. The minimum atomic E-state index is -0.834. The average Bonchev–Trinajstić information content (AvgIpc) is 2.61. The van der Waals surface area contributed by atoms with Gasteiger partial charge in [-0.15, -0.1) is 0 Å². The van der Waals surface area contributed by atoms with E-state index in [0.29, 0.717) is 12.3 Å². The number of urea groups is 1. The van der Waals surface area contributed by atoms with Crippen LogP contribution < -0.4 is 5.32 Å². The third-order valence-electron chi connectivity index (χ3n) is 5.05. The summed E-state index contributed by atoms with van der Waals surface area (Å²) in [6.45, 7) is 3.40. The molecule has 0 aromatic heterocycles. The van der Waals surface area contributed by atoms with Gasteiger partial charge in [0.1, 0.15) is 0 Å². The summed E-state index contributed by atoms with van der Waals surface area (Å²) in [5, 5.41) is 3.30. The third-order valence-corrected chi connectivity index (χ3v) is 6.86. The largest absolute Gasteiger partial charge is 0.334 e. The zero-order chi connectivity index (χ0) is 16.2. The van der Waals surface area contributed by atoms with E-state index < -0.39 is 10.8 Å². The first-order chi connectivity index (χ1) is 11.2. The molecule has 3 unspecified atom stereocenters. The molecule has 1 aliphatic heterocycles. The highest BCUT2D eigenvalue weighted by molar-refractivity contribution is 7.85. The van der Waals surface area contributed by atoms with E-state index in [1.807, 2.05) is 17.9 Å². The molecule has 126 valence electrons. The Morgan fingerprint density at radius 2 is 2.00 bits per heavy atom. The molecule has 1 fully saturated rings. The number of fused-ring (bicyclic) bond motifs is 1. The van der Waals surface area contributed by atoms with Crippen molar-refractivity contribution in [2.24, 2.45) is 0 Å². The van der Waals surface area contributed by atoms with Crippen molar-refractivity contribution in [2.45, 2.75) is 56.9 Å². The van der Waals surface area contributed by atoms with Crippen LogP contribution in [-0.2, 0) is 23.8 Å². The summed E-state index contributed by atoms with van der Waals surface area (Å²) < 4.78 is 12.2. The van der Waals surface area contributed by atoms with Crippen molar-refractivity contribution in [1.82, 2.24) is 10.2 Å². The number of carbonyl (C=O) groups is 1. The Morgan fingerprint density at radius 3 is 2.78 bits per heavy atom. The summed E-state index contributed by atoms with van der Waals surface area (Å²) in [5.41, 5.74) is 2.59. The summed E-state index contributed by atoms with van der Waals surface area (Å²) >= 11 is 0. The van der Waals surface area contributed by atoms with Gasteiger partial charge < -0.3 is 10.2 Å². The molecule has 23 heavy (non-hydrogen) atoms.